The molecule has 0 bridgehead atoms. The van der Waals surface area contributed by atoms with Crippen molar-refractivity contribution in [3.63, 3.8) is 0 Å². The molecule has 1 aliphatic heterocycles. The number of hydrogen-bond donors (Lipinski definition) is 0. The standard InChI is InChI=1S/C54H38O/c1-3-11-35(12-4-1)38-21-19-37-20-22-39(28-43(37)27-38)44-29-45(31-46(30-44)50-34-42-15-7-8-16-47(42)48-17-9-10-18-49(48)50)41-24-26-54-52(33-41)51-32-40(23-25-53(51)55-54)36-13-5-2-6-14-36/h1-9,11-17,19-34,51,53H,10,18H2. The van der Waals surface area contributed by atoms with Crippen LogP contribution >= 0.6 is 0 Å². The minimum absolute atomic E-state index is 0.00941. The summed E-state index contributed by atoms with van der Waals surface area (Å²) in [6.07, 6.45) is 13.6. The first kappa shape index (κ1) is 31.8. The van der Waals surface area contributed by atoms with Crippen LogP contribution in [-0.2, 0) is 6.42 Å². The van der Waals surface area contributed by atoms with E-state index in [1.165, 1.54) is 93.9 Å². The van der Waals surface area contributed by atoms with Crippen molar-refractivity contribution < 1.29 is 4.74 Å². The SMILES string of the molecule is C1=Cc2c(c(-c3cc(-c4ccc5c(c4)C4C=C(c6ccccc6)C=CC4O5)cc(-c4ccc5ccc(-c6ccccc6)cc5c4)c3)cc3ccccc23)CC1. The molecule has 1 heteroatoms. The average molecular weight is 703 g/mol. The van der Waals surface area contributed by atoms with Gasteiger partial charge in [-0.25, -0.2) is 0 Å². The topological polar surface area (TPSA) is 9.23 Å². The Labute approximate surface area is 322 Å². The Balaban J connectivity index is 1.08. The van der Waals surface area contributed by atoms with E-state index in [0.29, 0.717) is 0 Å². The highest BCUT2D eigenvalue weighted by Gasteiger charge is 2.34. The van der Waals surface area contributed by atoms with Gasteiger partial charge in [-0.1, -0.05) is 140 Å². The molecule has 0 fully saturated rings. The van der Waals surface area contributed by atoms with Crippen molar-refractivity contribution in [1.82, 2.24) is 0 Å². The largest absolute Gasteiger partial charge is 0.485 e. The first-order valence-corrected chi connectivity index (χ1v) is 19.4. The molecule has 0 saturated heterocycles. The quantitative estimate of drug-likeness (QED) is 0.173. The van der Waals surface area contributed by atoms with Gasteiger partial charge in [-0.15, -0.1) is 0 Å². The fourth-order valence-corrected chi connectivity index (χ4v) is 9.02. The Bertz CT molecular complexity index is 2890. The fourth-order valence-electron chi connectivity index (χ4n) is 9.02. The third-order valence-corrected chi connectivity index (χ3v) is 11.8. The molecular formula is C54H38O. The third-order valence-electron chi connectivity index (χ3n) is 11.8. The summed E-state index contributed by atoms with van der Waals surface area (Å²) in [4.78, 5) is 0. The smallest absolute Gasteiger partial charge is 0.128 e. The Morgan fingerprint density at radius 3 is 1.95 bits per heavy atom. The average Bonchev–Trinajstić information content (AvgIpc) is 3.63. The van der Waals surface area contributed by atoms with Gasteiger partial charge in [-0.3, -0.25) is 0 Å². The van der Waals surface area contributed by atoms with Crippen molar-refractivity contribution in [2.24, 2.45) is 0 Å². The van der Waals surface area contributed by atoms with Crippen LogP contribution in [0.4, 0.5) is 0 Å². The third kappa shape index (κ3) is 5.63. The number of hydrogen-bond acceptors (Lipinski definition) is 1. The van der Waals surface area contributed by atoms with Crippen LogP contribution in [0.15, 0.2) is 188 Å². The highest BCUT2D eigenvalue weighted by atomic mass is 16.5. The van der Waals surface area contributed by atoms with Crippen molar-refractivity contribution in [3.8, 4) is 50.3 Å². The van der Waals surface area contributed by atoms with E-state index >= 15 is 0 Å². The molecule has 2 unspecified atom stereocenters. The number of ether oxygens (including phenoxy) is 1. The molecular weight excluding hydrogens is 665 g/mol. The summed E-state index contributed by atoms with van der Waals surface area (Å²) in [6.45, 7) is 0. The van der Waals surface area contributed by atoms with E-state index < -0.39 is 0 Å². The van der Waals surface area contributed by atoms with Gasteiger partial charge in [-0.05, 0) is 156 Å². The molecule has 0 amide bonds. The normalized spacial score (nSPS) is 16.7. The molecule has 0 spiro atoms. The summed E-state index contributed by atoms with van der Waals surface area (Å²) >= 11 is 0. The molecule has 0 N–H and O–H groups in total. The molecule has 0 aromatic heterocycles. The Hall–Kier alpha value is -6.70. The Kier molecular flexibility index (Phi) is 7.52. The van der Waals surface area contributed by atoms with E-state index in [1.54, 1.807) is 0 Å². The van der Waals surface area contributed by atoms with Crippen molar-refractivity contribution >= 4 is 33.2 Å². The second-order valence-corrected chi connectivity index (χ2v) is 15.1. The van der Waals surface area contributed by atoms with Crippen LogP contribution in [0.3, 0.4) is 0 Å². The molecule has 2 aliphatic carbocycles. The maximum atomic E-state index is 6.52. The van der Waals surface area contributed by atoms with Gasteiger partial charge in [0.1, 0.15) is 11.9 Å². The minimum atomic E-state index is 0.00941. The van der Waals surface area contributed by atoms with Gasteiger partial charge in [0.15, 0.2) is 0 Å². The molecule has 1 heterocycles. The summed E-state index contributed by atoms with van der Waals surface area (Å²) < 4.78 is 6.52. The molecule has 8 aromatic carbocycles. The second-order valence-electron chi connectivity index (χ2n) is 15.1. The highest BCUT2D eigenvalue weighted by Crippen LogP contribution is 2.46. The molecule has 0 radical (unpaired) electrons. The maximum Gasteiger partial charge on any atom is 0.128 e. The van der Waals surface area contributed by atoms with E-state index in [2.05, 4.69) is 194 Å². The van der Waals surface area contributed by atoms with Crippen LogP contribution in [0.2, 0.25) is 0 Å². The fraction of sp³-hybridized carbons (Fsp3) is 0.0741. The van der Waals surface area contributed by atoms with E-state index in [9.17, 15) is 0 Å². The zero-order chi connectivity index (χ0) is 36.3. The van der Waals surface area contributed by atoms with Crippen molar-refractivity contribution in [1.29, 1.82) is 0 Å². The second kappa shape index (κ2) is 13.0. The van der Waals surface area contributed by atoms with Crippen molar-refractivity contribution in [2.45, 2.75) is 24.9 Å². The zero-order valence-corrected chi connectivity index (χ0v) is 30.5. The Morgan fingerprint density at radius 2 is 1.15 bits per heavy atom. The number of allylic oxidation sites excluding steroid dienone is 3. The van der Waals surface area contributed by atoms with Gasteiger partial charge in [-0.2, -0.15) is 0 Å². The van der Waals surface area contributed by atoms with Gasteiger partial charge in [0, 0.05) is 11.5 Å². The number of rotatable bonds is 5. The van der Waals surface area contributed by atoms with E-state index in [-0.39, 0.29) is 12.0 Å². The molecule has 3 aliphatic rings. The van der Waals surface area contributed by atoms with E-state index in [1.807, 2.05) is 0 Å². The van der Waals surface area contributed by atoms with Gasteiger partial charge in [0.25, 0.3) is 0 Å². The predicted octanol–water partition coefficient (Wildman–Crippen LogP) is 14.1. The van der Waals surface area contributed by atoms with E-state index in [0.717, 1.165) is 18.6 Å². The summed E-state index contributed by atoms with van der Waals surface area (Å²) in [5, 5.41) is 5.09. The zero-order valence-electron chi connectivity index (χ0n) is 30.5. The van der Waals surface area contributed by atoms with Gasteiger partial charge < -0.3 is 4.74 Å². The van der Waals surface area contributed by atoms with Crippen molar-refractivity contribution in [3.05, 3.63) is 210 Å². The number of fused-ring (bicyclic) bond motifs is 7. The molecule has 8 aromatic rings. The minimum Gasteiger partial charge on any atom is -0.485 e. The summed E-state index contributed by atoms with van der Waals surface area (Å²) in [5.74, 6) is 1.14. The van der Waals surface area contributed by atoms with Crippen LogP contribution in [0, 0.1) is 0 Å². The monoisotopic (exact) mass is 702 g/mol. The molecule has 55 heavy (non-hydrogen) atoms. The highest BCUT2D eigenvalue weighted by molar-refractivity contribution is 5.99. The summed E-state index contributed by atoms with van der Waals surface area (Å²) in [7, 11) is 0. The van der Waals surface area contributed by atoms with E-state index in [4.69, 9.17) is 4.74 Å². The molecule has 11 rings (SSSR count). The number of benzene rings is 8. The first-order chi connectivity index (χ1) is 27.2. The molecule has 260 valence electrons. The predicted molar refractivity (Wildman–Crippen MR) is 231 cm³/mol. The van der Waals surface area contributed by atoms with Gasteiger partial charge in [0.05, 0.1) is 0 Å². The summed E-state index contributed by atoms with van der Waals surface area (Å²) in [6, 6.07) is 60.4. The summed E-state index contributed by atoms with van der Waals surface area (Å²) in [5.41, 5.74) is 16.4. The van der Waals surface area contributed by atoms with Gasteiger partial charge >= 0.3 is 0 Å². The van der Waals surface area contributed by atoms with Crippen LogP contribution in [0.1, 0.15) is 34.6 Å². The lowest BCUT2D eigenvalue weighted by molar-refractivity contribution is 0.269. The molecule has 0 saturated carbocycles. The maximum absolute atomic E-state index is 6.52. The van der Waals surface area contributed by atoms with Crippen LogP contribution in [0.5, 0.6) is 5.75 Å². The van der Waals surface area contributed by atoms with Crippen LogP contribution < -0.4 is 4.74 Å². The molecule has 1 nitrogen and oxygen atoms in total. The Morgan fingerprint density at radius 1 is 0.473 bits per heavy atom. The first-order valence-electron chi connectivity index (χ1n) is 19.4. The van der Waals surface area contributed by atoms with Crippen LogP contribution in [-0.4, -0.2) is 6.10 Å². The lowest BCUT2D eigenvalue weighted by Crippen LogP contribution is -2.16. The lowest BCUT2D eigenvalue weighted by Gasteiger charge is -2.20. The lowest BCUT2D eigenvalue weighted by atomic mass is 9.83. The van der Waals surface area contributed by atoms with Crippen LogP contribution in [0.25, 0.3) is 77.7 Å². The van der Waals surface area contributed by atoms with Gasteiger partial charge in [0.2, 0.25) is 0 Å². The molecule has 2 atom stereocenters. The van der Waals surface area contributed by atoms with Crippen molar-refractivity contribution in [2.75, 3.05) is 0 Å².